The average molecular weight is 573 g/mol. The van der Waals surface area contributed by atoms with Crippen LogP contribution >= 0.6 is 0 Å². The molecule has 45 heavy (non-hydrogen) atoms. The Kier molecular flexibility index (Phi) is 5.64. The number of hydrogen-bond acceptors (Lipinski definition) is 0. The smallest absolute Gasteiger partial charge is 0.0159 e. The van der Waals surface area contributed by atoms with E-state index in [0.29, 0.717) is 0 Å². The first-order chi connectivity index (χ1) is 22.1. The topological polar surface area (TPSA) is 0 Å². The zero-order valence-corrected chi connectivity index (χ0v) is 25.5. The Labute approximate surface area is 264 Å². The molecular weight excluding hydrogens is 540 g/mol. The summed E-state index contributed by atoms with van der Waals surface area (Å²) in [6.07, 6.45) is 0. The van der Waals surface area contributed by atoms with Gasteiger partial charge in [0.1, 0.15) is 0 Å². The van der Waals surface area contributed by atoms with Crippen LogP contribution in [0, 0.1) is 0 Å². The van der Waals surface area contributed by atoms with Gasteiger partial charge < -0.3 is 0 Å². The lowest BCUT2D eigenvalue weighted by Crippen LogP contribution is -2.14. The van der Waals surface area contributed by atoms with Crippen LogP contribution in [0.15, 0.2) is 158 Å². The summed E-state index contributed by atoms with van der Waals surface area (Å²) in [5.74, 6) is 0. The Morgan fingerprint density at radius 3 is 1.73 bits per heavy atom. The van der Waals surface area contributed by atoms with E-state index in [1.807, 2.05) is 0 Å². The molecule has 0 aliphatic heterocycles. The second kappa shape index (κ2) is 9.78. The van der Waals surface area contributed by atoms with E-state index in [1.165, 1.54) is 88.0 Å². The molecule has 0 radical (unpaired) electrons. The standard InChI is InChI=1S/C45H32/c1-45(2)41-19-11-10-16-35(41)36-24-22-33(28-42(36)45)32-23-25-39-40(27-32)44(34-21-20-29-12-6-7-15-31(29)26-34)38-18-9-8-17-37(38)43(39)30-13-4-3-5-14-30/h3-28H,1-2H3. The molecule has 0 saturated heterocycles. The fraction of sp³-hybridized carbons (Fsp3) is 0.0667. The van der Waals surface area contributed by atoms with Crippen molar-refractivity contribution in [3.63, 3.8) is 0 Å². The monoisotopic (exact) mass is 572 g/mol. The highest BCUT2D eigenvalue weighted by Gasteiger charge is 2.35. The van der Waals surface area contributed by atoms with Crippen molar-refractivity contribution in [3.8, 4) is 44.5 Å². The second-order valence-corrected chi connectivity index (χ2v) is 12.9. The van der Waals surface area contributed by atoms with Gasteiger partial charge in [-0.05, 0) is 106 Å². The number of rotatable bonds is 3. The summed E-state index contributed by atoms with van der Waals surface area (Å²) >= 11 is 0. The zero-order valence-electron chi connectivity index (χ0n) is 25.5. The summed E-state index contributed by atoms with van der Waals surface area (Å²) in [7, 11) is 0. The van der Waals surface area contributed by atoms with Crippen molar-refractivity contribution in [3.05, 3.63) is 169 Å². The zero-order chi connectivity index (χ0) is 30.1. The summed E-state index contributed by atoms with van der Waals surface area (Å²) in [4.78, 5) is 0. The van der Waals surface area contributed by atoms with Crippen molar-refractivity contribution in [1.29, 1.82) is 0 Å². The Hall–Kier alpha value is -5.46. The van der Waals surface area contributed by atoms with Crippen molar-refractivity contribution in [1.82, 2.24) is 0 Å². The van der Waals surface area contributed by atoms with Crippen LogP contribution in [0.5, 0.6) is 0 Å². The van der Waals surface area contributed by atoms with Gasteiger partial charge in [0.25, 0.3) is 0 Å². The maximum atomic E-state index is 2.44. The highest BCUT2D eigenvalue weighted by atomic mass is 14.4. The van der Waals surface area contributed by atoms with Crippen LogP contribution in [0.3, 0.4) is 0 Å². The third kappa shape index (κ3) is 3.92. The quantitative estimate of drug-likeness (QED) is 0.185. The normalized spacial score (nSPS) is 13.3. The van der Waals surface area contributed by atoms with Crippen molar-refractivity contribution >= 4 is 32.3 Å². The van der Waals surface area contributed by atoms with E-state index < -0.39 is 0 Å². The molecule has 0 N–H and O–H groups in total. The molecule has 0 amide bonds. The Bertz CT molecular complexity index is 2440. The fourth-order valence-corrected chi connectivity index (χ4v) is 7.81. The van der Waals surface area contributed by atoms with Gasteiger partial charge in [0.05, 0.1) is 0 Å². The van der Waals surface area contributed by atoms with Crippen molar-refractivity contribution < 1.29 is 0 Å². The van der Waals surface area contributed by atoms with Crippen molar-refractivity contribution in [2.45, 2.75) is 19.3 Å². The van der Waals surface area contributed by atoms with Crippen molar-refractivity contribution in [2.24, 2.45) is 0 Å². The Balaban J connectivity index is 1.34. The van der Waals surface area contributed by atoms with Crippen LogP contribution < -0.4 is 0 Å². The van der Waals surface area contributed by atoms with Gasteiger partial charge in [-0.25, -0.2) is 0 Å². The molecule has 0 heteroatoms. The SMILES string of the molecule is CC1(C)c2ccccc2-c2ccc(-c3ccc4c(-c5ccccc5)c5ccccc5c(-c5ccc6ccccc6c5)c4c3)cc21. The van der Waals surface area contributed by atoms with Gasteiger partial charge in [-0.2, -0.15) is 0 Å². The molecule has 0 bridgehead atoms. The van der Waals surface area contributed by atoms with Gasteiger partial charge in [-0.15, -0.1) is 0 Å². The molecule has 0 spiro atoms. The molecular formula is C45H32. The molecule has 0 nitrogen and oxygen atoms in total. The van der Waals surface area contributed by atoms with Crippen molar-refractivity contribution in [2.75, 3.05) is 0 Å². The minimum atomic E-state index is -0.0360. The summed E-state index contributed by atoms with van der Waals surface area (Å²) in [6.45, 7) is 4.72. The summed E-state index contributed by atoms with van der Waals surface area (Å²) in [5, 5.41) is 7.64. The molecule has 0 saturated carbocycles. The van der Waals surface area contributed by atoms with Crippen LogP contribution in [0.1, 0.15) is 25.0 Å². The predicted octanol–water partition coefficient (Wildman–Crippen LogP) is 12.5. The van der Waals surface area contributed by atoms with E-state index in [1.54, 1.807) is 0 Å². The molecule has 1 aliphatic carbocycles. The first kappa shape index (κ1) is 26.0. The molecule has 0 heterocycles. The molecule has 1 aliphatic rings. The number of fused-ring (bicyclic) bond motifs is 6. The predicted molar refractivity (Wildman–Crippen MR) is 193 cm³/mol. The van der Waals surface area contributed by atoms with Gasteiger partial charge in [0, 0.05) is 5.41 Å². The van der Waals surface area contributed by atoms with E-state index in [0.717, 1.165) is 0 Å². The maximum Gasteiger partial charge on any atom is 0.0159 e. The first-order valence-electron chi connectivity index (χ1n) is 15.9. The van der Waals surface area contributed by atoms with E-state index >= 15 is 0 Å². The Morgan fingerprint density at radius 2 is 0.911 bits per heavy atom. The van der Waals surface area contributed by atoms with E-state index in [4.69, 9.17) is 0 Å². The number of hydrogen-bond donors (Lipinski definition) is 0. The first-order valence-corrected chi connectivity index (χ1v) is 15.9. The second-order valence-electron chi connectivity index (χ2n) is 12.9. The largest absolute Gasteiger partial charge is 0.0622 e. The maximum absolute atomic E-state index is 2.44. The Morgan fingerprint density at radius 1 is 0.333 bits per heavy atom. The van der Waals surface area contributed by atoms with Crippen LogP contribution in [-0.2, 0) is 5.41 Å². The van der Waals surface area contributed by atoms with Gasteiger partial charge in [-0.3, -0.25) is 0 Å². The lowest BCUT2D eigenvalue weighted by atomic mass is 9.81. The van der Waals surface area contributed by atoms with Gasteiger partial charge in [0.2, 0.25) is 0 Å². The van der Waals surface area contributed by atoms with Gasteiger partial charge >= 0.3 is 0 Å². The van der Waals surface area contributed by atoms with E-state index in [-0.39, 0.29) is 5.41 Å². The molecule has 0 atom stereocenters. The van der Waals surface area contributed by atoms with Crippen LogP contribution in [0.4, 0.5) is 0 Å². The average Bonchev–Trinajstić information content (AvgIpc) is 3.32. The van der Waals surface area contributed by atoms with Gasteiger partial charge in [0.15, 0.2) is 0 Å². The molecule has 0 aromatic heterocycles. The van der Waals surface area contributed by atoms with Crippen LogP contribution in [0.2, 0.25) is 0 Å². The molecule has 0 unspecified atom stereocenters. The molecule has 8 aromatic rings. The van der Waals surface area contributed by atoms with E-state index in [2.05, 4.69) is 172 Å². The van der Waals surface area contributed by atoms with Gasteiger partial charge in [-0.1, -0.05) is 153 Å². The molecule has 212 valence electrons. The minimum absolute atomic E-state index is 0.0360. The van der Waals surface area contributed by atoms with Crippen LogP contribution in [-0.4, -0.2) is 0 Å². The third-order valence-corrected chi connectivity index (χ3v) is 10.0. The lowest BCUT2D eigenvalue weighted by molar-refractivity contribution is 0.660. The summed E-state index contributed by atoms with van der Waals surface area (Å²) in [5.41, 5.74) is 13.1. The van der Waals surface area contributed by atoms with E-state index in [9.17, 15) is 0 Å². The molecule has 9 rings (SSSR count). The third-order valence-electron chi connectivity index (χ3n) is 10.0. The van der Waals surface area contributed by atoms with Crippen LogP contribution in [0.25, 0.3) is 76.8 Å². The highest BCUT2D eigenvalue weighted by Crippen LogP contribution is 2.50. The minimum Gasteiger partial charge on any atom is -0.0622 e. The summed E-state index contributed by atoms with van der Waals surface area (Å²) < 4.78 is 0. The molecule has 8 aromatic carbocycles. The summed E-state index contributed by atoms with van der Waals surface area (Å²) in [6, 6.07) is 58.5. The fourth-order valence-electron chi connectivity index (χ4n) is 7.81. The number of benzene rings is 8. The lowest BCUT2D eigenvalue weighted by Gasteiger charge is -2.22. The molecule has 0 fully saturated rings. The highest BCUT2D eigenvalue weighted by molar-refractivity contribution is 6.22.